The van der Waals surface area contributed by atoms with E-state index in [1.807, 2.05) is 6.92 Å². The topological polar surface area (TPSA) is 611 Å². The Balaban J connectivity index is 1.51. The first-order chi connectivity index (χ1) is 50.8. The molecule has 2 unspecified atom stereocenters. The van der Waals surface area contributed by atoms with Gasteiger partial charge in [0.25, 0.3) is 0 Å². The third-order valence-electron chi connectivity index (χ3n) is 16.8. The fourth-order valence-electron chi connectivity index (χ4n) is 11.2. The second kappa shape index (κ2) is 48.1. The first-order valence-corrected chi connectivity index (χ1v) is 35.2. The summed E-state index contributed by atoms with van der Waals surface area (Å²) in [6.07, 6.45) is -18.8. The molecule has 0 radical (unpaired) electrons. The molecule has 3 fully saturated rings. The number of aryl methyl sites for hydroxylation is 1. The Bertz CT molecular complexity index is 2780. The molecule has 0 saturated carbocycles. The second-order valence-electron chi connectivity index (χ2n) is 26.2. The molecule has 0 bridgehead atoms. The van der Waals surface area contributed by atoms with E-state index in [0.717, 1.165) is 26.3 Å². The monoisotopic (exact) mass is 1530 g/mol. The van der Waals surface area contributed by atoms with Crippen molar-refractivity contribution in [2.45, 2.75) is 202 Å². The Hall–Kier alpha value is -7.53. The zero-order valence-electron chi connectivity index (χ0n) is 60.9. The molecule has 3 aliphatic heterocycles. The van der Waals surface area contributed by atoms with Crippen molar-refractivity contribution < 1.29 is 141 Å². The van der Waals surface area contributed by atoms with Gasteiger partial charge in [-0.3, -0.25) is 47.9 Å². The number of carbonyl (C=O) groups excluding carboxylic acids is 11. The van der Waals surface area contributed by atoms with Crippen LogP contribution in [-0.4, -0.2) is 326 Å². The van der Waals surface area contributed by atoms with Crippen LogP contribution in [0.25, 0.3) is 0 Å². The number of hydrogen-bond acceptors (Lipinski definition) is 29. The molecule has 608 valence electrons. The molecule has 0 aliphatic carbocycles. The van der Waals surface area contributed by atoms with Gasteiger partial charge in [0.05, 0.1) is 79.3 Å². The number of carbonyl (C=O) groups is 11. The van der Waals surface area contributed by atoms with Gasteiger partial charge in [-0.1, -0.05) is 31.5 Å². The van der Waals surface area contributed by atoms with E-state index in [2.05, 4.69) is 58.5 Å². The van der Waals surface area contributed by atoms with Crippen molar-refractivity contribution in [2.75, 3.05) is 111 Å². The lowest BCUT2D eigenvalue weighted by atomic mass is 9.97. The number of urea groups is 1. The van der Waals surface area contributed by atoms with E-state index in [1.165, 1.54) is 0 Å². The van der Waals surface area contributed by atoms with Crippen LogP contribution in [0.3, 0.4) is 0 Å². The van der Waals surface area contributed by atoms with Crippen LogP contribution in [0.4, 0.5) is 10.5 Å². The highest BCUT2D eigenvalue weighted by Gasteiger charge is 2.48. The molecular weight excluding hydrogens is 1420 g/mol. The van der Waals surface area contributed by atoms with Crippen LogP contribution in [0, 0.1) is 12.8 Å². The number of ether oxygens (including phenoxy) is 9. The van der Waals surface area contributed by atoms with E-state index in [0.29, 0.717) is 5.69 Å². The number of benzene rings is 1. The summed E-state index contributed by atoms with van der Waals surface area (Å²) in [5.74, 6) is -6.69. The highest BCUT2D eigenvalue weighted by atomic mass is 16.7. The van der Waals surface area contributed by atoms with Crippen molar-refractivity contribution >= 4 is 70.8 Å². The number of primary amides is 1. The Labute approximate surface area is 618 Å². The number of aliphatic hydroxyl groups is 9. The Morgan fingerprint density at radius 2 is 0.860 bits per heavy atom. The molecule has 3 aliphatic rings. The quantitative estimate of drug-likeness (QED) is 0.0269. The van der Waals surface area contributed by atoms with Crippen LogP contribution >= 0.6 is 0 Å². The fraction of sp³-hybridized carbons (Fsp3) is 0.742. The molecule has 3 heterocycles. The van der Waals surface area contributed by atoms with E-state index in [4.69, 9.17) is 48.4 Å². The summed E-state index contributed by atoms with van der Waals surface area (Å²) in [5.41, 5.74) is 4.88. The average Bonchev–Trinajstić information content (AvgIpc) is 0.816. The van der Waals surface area contributed by atoms with Crippen molar-refractivity contribution in [2.24, 2.45) is 11.7 Å². The van der Waals surface area contributed by atoms with Gasteiger partial charge in [-0.15, -0.1) is 0 Å². The summed E-state index contributed by atoms with van der Waals surface area (Å²) < 4.78 is 51.8. The van der Waals surface area contributed by atoms with Gasteiger partial charge in [0.2, 0.25) is 59.1 Å². The predicted octanol–water partition coefficient (Wildman–Crippen LogP) is -8.52. The van der Waals surface area contributed by atoms with E-state index >= 15 is 0 Å². The van der Waals surface area contributed by atoms with Gasteiger partial charge in [0, 0.05) is 84.7 Å². The summed E-state index contributed by atoms with van der Waals surface area (Å²) >= 11 is 0. The Kier molecular flexibility index (Phi) is 41.3. The SMILES string of the molecule is CC(=O)N[C@H]1[C@H](OCCNC(=O)CCOCC(COCCC(=O)NCCOC2O[C@H](CO)[C@H](O)[C@H](O)[C@H]2NC(C)=O)(COCCC(=O)NCCOC2O[C@H](CO)[C@H](O)[C@H](O)[C@H]2NC(C)=O)NC(=O)CCCC(=O)N[C@H](C(=O)N[C@@H](CCCNC(N)=O)C(=O)Nc2ccc(C)cc2)C(C)C)O[C@H](CO)[C@H](O)[C@@H]1O. The van der Waals surface area contributed by atoms with Gasteiger partial charge >= 0.3 is 6.03 Å². The molecule has 0 spiro atoms. The number of nitrogens with one attached hydrogen (secondary N) is 11. The maximum atomic E-state index is 14.2. The third-order valence-corrected chi connectivity index (χ3v) is 16.8. The van der Waals surface area contributed by atoms with Crippen LogP contribution in [0.15, 0.2) is 24.3 Å². The number of anilines is 1. The lowest BCUT2D eigenvalue weighted by Crippen LogP contribution is -2.64. The normalized spacial score (nSPS) is 25.3. The number of amides is 12. The zero-order valence-corrected chi connectivity index (χ0v) is 60.9. The number of hydrogen-bond donors (Lipinski definition) is 21. The molecule has 1 aromatic rings. The van der Waals surface area contributed by atoms with Crippen molar-refractivity contribution in [3.63, 3.8) is 0 Å². The highest BCUT2D eigenvalue weighted by Crippen LogP contribution is 2.26. The molecule has 22 N–H and O–H groups in total. The van der Waals surface area contributed by atoms with Gasteiger partial charge in [0.15, 0.2) is 18.9 Å². The van der Waals surface area contributed by atoms with Crippen molar-refractivity contribution in [3.8, 4) is 0 Å². The van der Waals surface area contributed by atoms with E-state index < -0.39 is 220 Å². The smallest absolute Gasteiger partial charge is 0.312 e. The first kappa shape index (κ1) is 91.9. The minimum absolute atomic E-state index is 0.0610. The standard InChI is InChI=1S/C66H110N12O29/c1-35(2)50(61(97)76-41(9-8-19-71-65(67)98)60(96)75-40-14-12-36(3)13-15-40)77-48(88)10-7-11-49(89)78-66(32-99-23-16-45(85)68-20-26-102-62-51(72-37(4)82)57(93)54(90)42(29-79)105-62,33-100-24-17-46(86)69-21-27-103-63-52(73-38(5)83)58(94)55(91)43(30-80)106-63)34-101-25-18-47(87)70-22-28-104-64-53(74-39(6)84)59(95)56(92)44(31-81)107-64/h12-15,35,41-44,50-59,62-64,79-81,90-95H,7-11,16-34H2,1-6H3,(H,68,85)(H,69,86)(H,70,87)(H,72,82)(H,73,83)(H,74,84)(H,75,96)(H,76,97)(H,77,88)(H,78,89)(H3,67,71,98)/t41-,42+,43+,44+,50-,51+,52+,53+,54-,55-,56-,57+,58+,59+,62+,63?,64?,66?/m0/s1. The zero-order chi connectivity index (χ0) is 79.3. The summed E-state index contributed by atoms with van der Waals surface area (Å²) in [4.78, 5) is 142. The average molecular weight is 1540 g/mol. The molecule has 41 nitrogen and oxygen atoms in total. The van der Waals surface area contributed by atoms with E-state index in [9.17, 15) is 98.7 Å². The second-order valence-corrected chi connectivity index (χ2v) is 26.2. The number of aliphatic hydroxyl groups excluding tert-OH is 9. The third kappa shape index (κ3) is 32.7. The van der Waals surface area contributed by atoms with Crippen LogP contribution < -0.4 is 64.2 Å². The summed E-state index contributed by atoms with van der Waals surface area (Å²) in [6, 6.07) is 0.0677. The Morgan fingerprint density at radius 3 is 1.21 bits per heavy atom. The summed E-state index contributed by atoms with van der Waals surface area (Å²) in [5, 5.41) is 121. The summed E-state index contributed by atoms with van der Waals surface area (Å²) in [6.45, 7) is 2.99. The molecule has 0 aromatic heterocycles. The predicted molar refractivity (Wildman–Crippen MR) is 369 cm³/mol. The maximum absolute atomic E-state index is 14.2. The fourth-order valence-corrected chi connectivity index (χ4v) is 11.2. The van der Waals surface area contributed by atoms with Gasteiger partial charge in [0.1, 0.15) is 90.7 Å². The molecule has 12 amide bonds. The van der Waals surface area contributed by atoms with Crippen molar-refractivity contribution in [3.05, 3.63) is 29.8 Å². The van der Waals surface area contributed by atoms with Crippen LogP contribution in [-0.2, 0) is 90.6 Å². The molecule has 41 heteroatoms. The summed E-state index contributed by atoms with van der Waals surface area (Å²) in [7, 11) is 0. The molecule has 17 atom stereocenters. The van der Waals surface area contributed by atoms with Crippen LogP contribution in [0.5, 0.6) is 0 Å². The van der Waals surface area contributed by atoms with Crippen molar-refractivity contribution in [1.29, 1.82) is 0 Å². The number of rotatable bonds is 48. The largest absolute Gasteiger partial charge is 0.394 e. The molecular formula is C66H110N12O29. The lowest BCUT2D eigenvalue weighted by Gasteiger charge is -2.42. The molecule has 107 heavy (non-hydrogen) atoms. The first-order valence-electron chi connectivity index (χ1n) is 35.2. The van der Waals surface area contributed by atoms with E-state index in [-0.39, 0.29) is 117 Å². The molecule has 4 rings (SSSR count). The van der Waals surface area contributed by atoms with Gasteiger partial charge in [-0.25, -0.2) is 4.79 Å². The van der Waals surface area contributed by atoms with Crippen LogP contribution in [0.2, 0.25) is 0 Å². The van der Waals surface area contributed by atoms with Crippen LogP contribution in [0.1, 0.15) is 91.5 Å². The Morgan fingerprint density at radius 1 is 0.477 bits per heavy atom. The molecule has 1 aromatic carbocycles. The minimum Gasteiger partial charge on any atom is -0.394 e. The van der Waals surface area contributed by atoms with Gasteiger partial charge in [-0.2, -0.15) is 0 Å². The van der Waals surface area contributed by atoms with Gasteiger partial charge in [-0.05, 0) is 44.2 Å². The van der Waals surface area contributed by atoms with E-state index in [1.54, 1.807) is 38.1 Å². The van der Waals surface area contributed by atoms with Crippen molar-refractivity contribution in [1.82, 2.24) is 53.2 Å². The minimum atomic E-state index is -1.73. The molecule has 3 saturated heterocycles. The highest BCUT2D eigenvalue weighted by molar-refractivity contribution is 5.98. The van der Waals surface area contributed by atoms with Gasteiger partial charge < -0.3 is 153 Å². The lowest BCUT2D eigenvalue weighted by molar-refractivity contribution is -0.269. The maximum Gasteiger partial charge on any atom is 0.312 e. The number of nitrogens with two attached hydrogens (primary N) is 1.